The molecular formula is C10H15NO3S2. The third kappa shape index (κ3) is 3.13. The topological polar surface area (TPSA) is 66.7 Å². The standard InChI is InChI=1S/C10H15NO3S2/c1-7(12)11-16(4,14)9-5-8(6-15-9)10(2,3)13/h5-6,13H,1-4H3. The molecule has 0 aliphatic rings. The molecule has 1 amide bonds. The predicted molar refractivity (Wildman–Crippen MR) is 65.0 cm³/mol. The summed E-state index contributed by atoms with van der Waals surface area (Å²) in [4.78, 5) is 10.8. The average molecular weight is 261 g/mol. The van der Waals surface area contributed by atoms with Crippen molar-refractivity contribution in [1.29, 1.82) is 0 Å². The van der Waals surface area contributed by atoms with Crippen LogP contribution in [0.4, 0.5) is 0 Å². The van der Waals surface area contributed by atoms with Crippen molar-refractivity contribution in [3.63, 3.8) is 0 Å². The quantitative estimate of drug-likeness (QED) is 0.885. The molecule has 0 saturated carbocycles. The number of carbonyl (C=O) groups is 1. The molecule has 1 aromatic heterocycles. The summed E-state index contributed by atoms with van der Waals surface area (Å²) in [5.74, 6) is -0.453. The summed E-state index contributed by atoms with van der Waals surface area (Å²) < 4.78 is 16.2. The number of hydrogen-bond acceptors (Lipinski definition) is 4. The van der Waals surface area contributed by atoms with E-state index < -0.39 is 21.2 Å². The van der Waals surface area contributed by atoms with E-state index in [0.29, 0.717) is 9.77 Å². The maximum absolute atomic E-state index is 12.1. The zero-order valence-electron chi connectivity index (χ0n) is 9.68. The van der Waals surface area contributed by atoms with Gasteiger partial charge in [0.2, 0.25) is 0 Å². The van der Waals surface area contributed by atoms with Gasteiger partial charge < -0.3 is 5.11 Å². The first-order valence-corrected chi connectivity index (χ1v) is 7.47. The SMILES string of the molecule is CC(=O)N=S(C)(=O)c1cc(C(C)(C)O)cs1. The number of hydrogen-bond donors (Lipinski definition) is 1. The molecule has 0 aromatic carbocycles. The third-order valence-electron chi connectivity index (χ3n) is 1.96. The monoisotopic (exact) mass is 261 g/mol. The Kier molecular flexibility index (Phi) is 3.56. The number of nitrogens with zero attached hydrogens (tertiary/aromatic N) is 1. The highest BCUT2D eigenvalue weighted by molar-refractivity contribution is 7.95. The van der Waals surface area contributed by atoms with Crippen molar-refractivity contribution in [3.8, 4) is 0 Å². The van der Waals surface area contributed by atoms with Gasteiger partial charge in [-0.1, -0.05) is 0 Å². The highest BCUT2D eigenvalue weighted by atomic mass is 32.2. The van der Waals surface area contributed by atoms with E-state index >= 15 is 0 Å². The van der Waals surface area contributed by atoms with Gasteiger partial charge in [0, 0.05) is 13.2 Å². The molecule has 0 aliphatic heterocycles. The van der Waals surface area contributed by atoms with Gasteiger partial charge in [-0.3, -0.25) is 4.79 Å². The minimum Gasteiger partial charge on any atom is -0.386 e. The zero-order valence-corrected chi connectivity index (χ0v) is 11.3. The highest BCUT2D eigenvalue weighted by Gasteiger charge is 2.20. The normalized spacial score (nSPS) is 15.6. The summed E-state index contributed by atoms with van der Waals surface area (Å²) in [7, 11) is -2.67. The van der Waals surface area contributed by atoms with Crippen LogP contribution in [0.1, 0.15) is 26.3 Å². The van der Waals surface area contributed by atoms with Gasteiger partial charge in [-0.2, -0.15) is 4.36 Å². The van der Waals surface area contributed by atoms with Crippen LogP contribution in [0.2, 0.25) is 0 Å². The van der Waals surface area contributed by atoms with Gasteiger partial charge in [-0.15, -0.1) is 11.3 Å². The van der Waals surface area contributed by atoms with Gasteiger partial charge in [0.15, 0.2) is 0 Å². The van der Waals surface area contributed by atoms with Crippen LogP contribution in [0, 0.1) is 0 Å². The zero-order chi connectivity index (χ0) is 12.6. The Bertz CT molecular complexity index is 516. The number of rotatable bonds is 2. The van der Waals surface area contributed by atoms with Crippen molar-refractivity contribution in [1.82, 2.24) is 0 Å². The number of thiophene rings is 1. The average Bonchev–Trinajstić information content (AvgIpc) is 2.47. The maximum Gasteiger partial charge on any atom is 0.250 e. The summed E-state index contributed by atoms with van der Waals surface area (Å²) in [5.41, 5.74) is -0.290. The number of amides is 1. The third-order valence-corrected chi connectivity index (χ3v) is 5.37. The van der Waals surface area contributed by atoms with E-state index in [2.05, 4.69) is 4.36 Å². The molecule has 1 N–H and O–H groups in total. The Balaban J connectivity index is 3.23. The molecule has 1 aromatic rings. The van der Waals surface area contributed by atoms with E-state index in [4.69, 9.17) is 0 Å². The van der Waals surface area contributed by atoms with E-state index in [1.807, 2.05) is 0 Å². The lowest BCUT2D eigenvalue weighted by atomic mass is 10.0. The van der Waals surface area contributed by atoms with Crippen LogP contribution in [-0.2, 0) is 20.1 Å². The van der Waals surface area contributed by atoms with Crippen molar-refractivity contribution in [3.05, 3.63) is 17.0 Å². The Morgan fingerprint density at radius 3 is 2.50 bits per heavy atom. The van der Waals surface area contributed by atoms with Gasteiger partial charge in [0.05, 0.1) is 15.3 Å². The first kappa shape index (κ1) is 13.3. The molecule has 0 spiro atoms. The molecule has 4 nitrogen and oxygen atoms in total. The van der Waals surface area contributed by atoms with Crippen LogP contribution in [0.3, 0.4) is 0 Å². The molecule has 0 radical (unpaired) electrons. The summed E-state index contributed by atoms with van der Waals surface area (Å²) in [6, 6.07) is 1.64. The predicted octanol–water partition coefficient (Wildman–Crippen LogP) is 1.98. The molecule has 1 atom stereocenters. The Morgan fingerprint density at radius 1 is 1.56 bits per heavy atom. The number of aliphatic hydroxyl groups is 1. The summed E-state index contributed by atoms with van der Waals surface area (Å²) in [6.07, 6.45) is 1.42. The molecule has 6 heteroatoms. The van der Waals surface area contributed by atoms with Gasteiger partial charge in [-0.05, 0) is 30.9 Å². The molecule has 0 saturated heterocycles. The van der Waals surface area contributed by atoms with Crippen LogP contribution in [0.25, 0.3) is 0 Å². The lowest BCUT2D eigenvalue weighted by Crippen LogP contribution is -2.14. The fourth-order valence-electron chi connectivity index (χ4n) is 1.13. The summed E-state index contributed by atoms with van der Waals surface area (Å²) in [5, 5.41) is 11.5. The minimum absolute atomic E-state index is 0.453. The van der Waals surface area contributed by atoms with Gasteiger partial charge in [0.25, 0.3) is 5.91 Å². The van der Waals surface area contributed by atoms with Crippen molar-refractivity contribution in [2.24, 2.45) is 4.36 Å². The van der Waals surface area contributed by atoms with E-state index in [0.717, 1.165) is 0 Å². The lowest BCUT2D eigenvalue weighted by Gasteiger charge is -2.14. The summed E-state index contributed by atoms with van der Waals surface area (Å²) in [6.45, 7) is 4.57. The van der Waals surface area contributed by atoms with Crippen molar-refractivity contribution >= 4 is 27.0 Å². The van der Waals surface area contributed by atoms with Crippen LogP contribution in [0.5, 0.6) is 0 Å². The second kappa shape index (κ2) is 4.27. The molecule has 90 valence electrons. The Labute approximate surface area is 99.5 Å². The summed E-state index contributed by atoms with van der Waals surface area (Å²) >= 11 is 1.24. The lowest BCUT2D eigenvalue weighted by molar-refractivity contribution is -0.115. The van der Waals surface area contributed by atoms with Gasteiger partial charge >= 0.3 is 0 Å². The molecule has 16 heavy (non-hydrogen) atoms. The van der Waals surface area contributed by atoms with E-state index in [1.165, 1.54) is 24.5 Å². The molecular weight excluding hydrogens is 246 g/mol. The van der Waals surface area contributed by atoms with E-state index in [1.54, 1.807) is 25.3 Å². The molecule has 1 unspecified atom stereocenters. The van der Waals surface area contributed by atoms with Gasteiger partial charge in [-0.25, -0.2) is 4.21 Å². The van der Waals surface area contributed by atoms with Crippen LogP contribution >= 0.6 is 11.3 Å². The Hall–Kier alpha value is -0.720. The smallest absolute Gasteiger partial charge is 0.250 e. The molecule has 1 rings (SSSR count). The Morgan fingerprint density at radius 2 is 2.12 bits per heavy atom. The van der Waals surface area contributed by atoms with Gasteiger partial charge in [0.1, 0.15) is 4.21 Å². The fraction of sp³-hybridized carbons (Fsp3) is 0.500. The molecule has 0 aliphatic carbocycles. The second-order valence-corrected chi connectivity index (χ2v) is 7.52. The first-order chi connectivity index (χ1) is 7.13. The molecule has 1 heterocycles. The number of carbonyl (C=O) groups excluding carboxylic acids is 1. The second-order valence-electron chi connectivity index (χ2n) is 4.13. The van der Waals surface area contributed by atoms with Crippen molar-refractivity contribution in [2.45, 2.75) is 30.6 Å². The van der Waals surface area contributed by atoms with E-state index in [9.17, 15) is 14.1 Å². The van der Waals surface area contributed by atoms with Crippen LogP contribution in [0.15, 0.2) is 20.0 Å². The maximum atomic E-state index is 12.1. The molecule has 0 fully saturated rings. The van der Waals surface area contributed by atoms with Crippen molar-refractivity contribution in [2.75, 3.05) is 6.26 Å². The highest BCUT2D eigenvalue weighted by Crippen LogP contribution is 2.28. The minimum atomic E-state index is -2.67. The first-order valence-electron chi connectivity index (χ1n) is 4.67. The molecule has 0 bridgehead atoms. The van der Waals surface area contributed by atoms with E-state index in [-0.39, 0.29) is 0 Å². The van der Waals surface area contributed by atoms with Crippen LogP contribution < -0.4 is 0 Å². The van der Waals surface area contributed by atoms with Crippen LogP contribution in [-0.4, -0.2) is 21.5 Å². The fourth-order valence-corrected chi connectivity index (χ4v) is 3.82. The largest absolute Gasteiger partial charge is 0.386 e. The van der Waals surface area contributed by atoms with Crippen molar-refractivity contribution < 1.29 is 14.1 Å².